The fraction of sp³-hybridized carbons (Fsp3) is 0.308. The Morgan fingerprint density at radius 3 is 2.89 bits per heavy atom. The minimum absolute atomic E-state index is 0.575. The molecule has 2 rings (SSSR count). The molecule has 4 N–H and O–H groups in total. The molecule has 0 saturated carbocycles. The molecule has 0 amide bonds. The maximum Gasteiger partial charge on any atom is 0.297 e. The van der Waals surface area contributed by atoms with E-state index in [1.165, 1.54) is 0 Å². The number of aromatic amines is 1. The molecule has 18 heavy (non-hydrogen) atoms. The average Bonchev–Trinajstić information content (AvgIpc) is 2.32. The van der Waals surface area contributed by atoms with Crippen LogP contribution in [0.5, 0.6) is 0 Å². The number of nitrogens with zero attached hydrogens (tertiary/aromatic N) is 2. The largest absolute Gasteiger partial charge is 0.362 e. The van der Waals surface area contributed by atoms with Crippen molar-refractivity contribution in [2.24, 2.45) is 7.05 Å². The Morgan fingerprint density at radius 2 is 2.17 bits per heavy atom. The van der Waals surface area contributed by atoms with Crippen molar-refractivity contribution in [3.63, 3.8) is 0 Å². The molecule has 0 fully saturated rings. The van der Waals surface area contributed by atoms with Crippen LogP contribution in [0, 0.1) is 13.8 Å². The first-order chi connectivity index (χ1) is 8.56. The van der Waals surface area contributed by atoms with Crippen molar-refractivity contribution in [3.8, 4) is 0 Å². The highest BCUT2D eigenvalue weighted by Gasteiger charge is 2.14. The first kappa shape index (κ1) is 12.3. The first-order valence-corrected chi connectivity index (χ1v) is 5.90. The van der Waals surface area contributed by atoms with Gasteiger partial charge in [0, 0.05) is 13.0 Å². The van der Waals surface area contributed by atoms with Crippen LogP contribution in [0.15, 0.2) is 24.4 Å². The zero-order chi connectivity index (χ0) is 13.1. The monoisotopic (exact) mass is 245 g/mol. The highest BCUT2D eigenvalue weighted by atomic mass is 15.1. The molecule has 0 spiro atoms. The van der Waals surface area contributed by atoms with Gasteiger partial charge in [-0.25, -0.2) is 9.55 Å². The van der Waals surface area contributed by atoms with Gasteiger partial charge in [0.1, 0.15) is 18.3 Å². The summed E-state index contributed by atoms with van der Waals surface area (Å²) < 4.78 is 1.97. The number of nitrogens with one attached hydrogen (secondary N) is 2. The van der Waals surface area contributed by atoms with Gasteiger partial charge in [-0.3, -0.25) is 5.32 Å². The lowest BCUT2D eigenvalue weighted by molar-refractivity contribution is -0.681. The van der Waals surface area contributed by atoms with E-state index >= 15 is 0 Å². The third-order valence-electron chi connectivity index (χ3n) is 2.88. The van der Waals surface area contributed by atoms with Crippen LogP contribution in [0.2, 0.25) is 0 Å². The standard InChI is InChI=1S/C13H17N5/c1-9-5-4-6-12(16-9)15-7-11-8-18(3)10(2)17-13(11)14/h4-6,8,14H,7H2,1-3H3,(H,15,16)/p+2. The number of pyridine rings is 1. The van der Waals surface area contributed by atoms with Crippen molar-refractivity contribution < 1.29 is 9.55 Å². The Morgan fingerprint density at radius 1 is 1.39 bits per heavy atom. The van der Waals surface area contributed by atoms with Gasteiger partial charge < -0.3 is 5.73 Å². The van der Waals surface area contributed by atoms with Crippen LogP contribution in [0.25, 0.3) is 0 Å². The normalized spacial score (nSPS) is 10.4. The van der Waals surface area contributed by atoms with Crippen molar-refractivity contribution in [2.75, 3.05) is 11.1 Å². The second kappa shape index (κ2) is 5.00. The summed E-state index contributed by atoms with van der Waals surface area (Å²) in [6, 6.07) is 6.02. The molecule has 5 heteroatoms. The molecule has 0 aliphatic rings. The molecule has 0 bridgehead atoms. The molecular weight excluding hydrogens is 226 g/mol. The molecule has 0 atom stereocenters. The summed E-state index contributed by atoms with van der Waals surface area (Å²) in [4.78, 5) is 7.54. The topological polar surface area (TPSA) is 69.0 Å². The molecular formula is C13H19N5+2. The molecule has 0 aliphatic carbocycles. The highest BCUT2D eigenvalue weighted by Crippen LogP contribution is 2.08. The van der Waals surface area contributed by atoms with Gasteiger partial charge in [-0.1, -0.05) is 6.07 Å². The van der Waals surface area contributed by atoms with Crippen LogP contribution in [0.4, 0.5) is 11.6 Å². The third kappa shape index (κ3) is 2.74. The quantitative estimate of drug-likeness (QED) is 0.775. The highest BCUT2D eigenvalue weighted by molar-refractivity contribution is 5.39. The lowest BCUT2D eigenvalue weighted by Gasteiger charge is -2.02. The second-order valence-corrected chi connectivity index (χ2v) is 4.41. The van der Waals surface area contributed by atoms with Crippen LogP contribution in [0.3, 0.4) is 0 Å². The second-order valence-electron chi connectivity index (χ2n) is 4.41. The predicted octanol–water partition coefficient (Wildman–Crippen LogP) is 0.531. The van der Waals surface area contributed by atoms with Gasteiger partial charge >= 0.3 is 0 Å². The number of anilines is 2. The fourth-order valence-electron chi connectivity index (χ4n) is 1.73. The summed E-state index contributed by atoms with van der Waals surface area (Å²) in [5.74, 6) is 2.45. The van der Waals surface area contributed by atoms with E-state index in [-0.39, 0.29) is 0 Å². The van der Waals surface area contributed by atoms with Gasteiger partial charge in [-0.05, 0) is 18.0 Å². The number of aromatic nitrogens is 3. The van der Waals surface area contributed by atoms with Crippen LogP contribution in [0.1, 0.15) is 17.1 Å². The van der Waals surface area contributed by atoms with E-state index in [1.54, 1.807) is 0 Å². The van der Waals surface area contributed by atoms with Gasteiger partial charge in [0.2, 0.25) is 5.82 Å². The lowest BCUT2D eigenvalue weighted by Crippen LogP contribution is -2.34. The number of hydrogen-bond donors (Lipinski definition) is 2. The summed E-state index contributed by atoms with van der Waals surface area (Å²) in [5, 5.41) is 3.30. The maximum absolute atomic E-state index is 5.91. The van der Waals surface area contributed by atoms with Gasteiger partial charge in [-0.15, -0.1) is 0 Å². The maximum atomic E-state index is 5.91. The van der Waals surface area contributed by atoms with Crippen molar-refractivity contribution >= 4 is 11.6 Å². The molecule has 2 heterocycles. The minimum atomic E-state index is 0.575. The summed E-state index contributed by atoms with van der Waals surface area (Å²) >= 11 is 0. The molecule has 2 aromatic rings. The summed E-state index contributed by atoms with van der Waals surface area (Å²) in [6.07, 6.45) is 2.00. The van der Waals surface area contributed by atoms with Gasteiger partial charge in [0.05, 0.1) is 12.7 Å². The zero-order valence-electron chi connectivity index (χ0n) is 11.0. The fourth-order valence-corrected chi connectivity index (χ4v) is 1.73. The molecule has 0 radical (unpaired) electrons. The zero-order valence-corrected chi connectivity index (χ0v) is 11.0. The van der Waals surface area contributed by atoms with Crippen molar-refractivity contribution in [1.29, 1.82) is 0 Å². The van der Waals surface area contributed by atoms with Crippen LogP contribution < -0.4 is 20.6 Å². The number of H-pyrrole nitrogens is 1. The number of rotatable bonds is 3. The number of aryl methyl sites for hydroxylation is 3. The summed E-state index contributed by atoms with van der Waals surface area (Å²) in [6.45, 7) is 4.60. The molecule has 0 saturated heterocycles. The molecule has 0 unspecified atom stereocenters. The number of nitrogens with two attached hydrogens (primary N) is 1. The van der Waals surface area contributed by atoms with E-state index in [0.717, 1.165) is 22.9 Å². The Balaban J connectivity index is 2.13. The molecule has 0 aromatic carbocycles. The minimum Gasteiger partial charge on any atom is -0.362 e. The summed E-state index contributed by atoms with van der Waals surface area (Å²) in [7, 11) is 1.96. The Kier molecular flexibility index (Phi) is 3.41. The SMILES string of the molecule is Cc1cccc(NCc2c[n+](C)c(C)nc2N)[nH+]1. The van der Waals surface area contributed by atoms with E-state index in [4.69, 9.17) is 5.73 Å². The smallest absolute Gasteiger partial charge is 0.297 e. The number of hydrogen-bond acceptors (Lipinski definition) is 3. The van der Waals surface area contributed by atoms with E-state index < -0.39 is 0 Å². The first-order valence-electron chi connectivity index (χ1n) is 5.90. The van der Waals surface area contributed by atoms with E-state index in [0.29, 0.717) is 12.4 Å². The van der Waals surface area contributed by atoms with Crippen molar-refractivity contribution in [2.45, 2.75) is 20.4 Å². The Labute approximate surface area is 107 Å². The van der Waals surface area contributed by atoms with Crippen molar-refractivity contribution in [1.82, 2.24) is 4.98 Å². The van der Waals surface area contributed by atoms with Gasteiger partial charge in [0.15, 0.2) is 0 Å². The van der Waals surface area contributed by atoms with Gasteiger partial charge in [-0.2, -0.15) is 0 Å². The van der Waals surface area contributed by atoms with E-state index in [2.05, 4.69) is 15.3 Å². The predicted molar refractivity (Wildman–Crippen MR) is 69.6 cm³/mol. The lowest BCUT2D eigenvalue weighted by atomic mass is 10.3. The average molecular weight is 245 g/mol. The molecule has 2 aromatic heterocycles. The Bertz CT molecular complexity index is 565. The Hall–Kier alpha value is -2.17. The molecule has 94 valence electrons. The van der Waals surface area contributed by atoms with Gasteiger partial charge in [0.25, 0.3) is 11.6 Å². The molecule has 5 nitrogen and oxygen atoms in total. The molecule has 0 aliphatic heterocycles. The van der Waals surface area contributed by atoms with Crippen molar-refractivity contribution in [3.05, 3.63) is 41.5 Å². The third-order valence-corrected chi connectivity index (χ3v) is 2.88. The van der Waals surface area contributed by atoms with Crippen LogP contribution >= 0.6 is 0 Å². The summed E-state index contributed by atoms with van der Waals surface area (Å²) in [5.41, 5.74) is 8.01. The van der Waals surface area contributed by atoms with E-state index in [1.807, 2.05) is 49.9 Å². The van der Waals surface area contributed by atoms with E-state index in [9.17, 15) is 0 Å². The number of nitrogen functional groups attached to an aromatic ring is 1. The van der Waals surface area contributed by atoms with Crippen LogP contribution in [-0.4, -0.2) is 4.98 Å². The van der Waals surface area contributed by atoms with Crippen LogP contribution in [-0.2, 0) is 13.6 Å².